The lowest BCUT2D eigenvalue weighted by molar-refractivity contribution is -0.129. The standard InChI is InChI=1S/C28H32N4O3S/c33-27(11-9-21-8-10-24-25(19-21)35-20-34-24)32-13-4-3-5-22(32)12-14-30-15-17-31(18-16-30)28-23-6-1-2-7-26(23)36-29-28/h1-2,6-11,19,22H,3-5,12-18,20H2/t22-/m0/s1. The van der Waals surface area contributed by atoms with Crippen LogP contribution in [0.1, 0.15) is 31.2 Å². The molecule has 188 valence electrons. The van der Waals surface area contributed by atoms with Crippen LogP contribution in [0.25, 0.3) is 16.2 Å². The molecule has 0 saturated carbocycles. The van der Waals surface area contributed by atoms with Crippen molar-refractivity contribution in [1.29, 1.82) is 0 Å². The number of rotatable bonds is 6. The number of nitrogens with zero attached hydrogens (tertiary/aromatic N) is 4. The Balaban J connectivity index is 1.02. The summed E-state index contributed by atoms with van der Waals surface area (Å²) in [6.45, 7) is 6.21. The maximum Gasteiger partial charge on any atom is 0.246 e. The van der Waals surface area contributed by atoms with Crippen molar-refractivity contribution >= 4 is 39.4 Å². The van der Waals surface area contributed by atoms with Gasteiger partial charge in [0.1, 0.15) is 5.82 Å². The molecule has 1 amide bonds. The smallest absolute Gasteiger partial charge is 0.246 e. The van der Waals surface area contributed by atoms with Crippen LogP contribution in [0, 0.1) is 0 Å². The molecule has 2 aromatic carbocycles. The van der Waals surface area contributed by atoms with Gasteiger partial charge in [0.15, 0.2) is 11.5 Å². The van der Waals surface area contributed by atoms with Crippen LogP contribution in [0.4, 0.5) is 5.82 Å². The number of ether oxygens (including phenoxy) is 2. The lowest BCUT2D eigenvalue weighted by Crippen LogP contribution is -2.49. The van der Waals surface area contributed by atoms with Crippen molar-refractivity contribution in [2.24, 2.45) is 0 Å². The normalized spacial score (nSPS) is 20.5. The van der Waals surface area contributed by atoms with Crippen molar-refractivity contribution in [2.75, 3.05) is 51.0 Å². The van der Waals surface area contributed by atoms with Crippen LogP contribution < -0.4 is 14.4 Å². The highest BCUT2D eigenvalue weighted by Crippen LogP contribution is 2.33. The quantitative estimate of drug-likeness (QED) is 0.456. The Morgan fingerprint density at radius 2 is 1.89 bits per heavy atom. The minimum Gasteiger partial charge on any atom is -0.454 e. The molecular formula is C28H32N4O3S. The lowest BCUT2D eigenvalue weighted by atomic mass is 9.98. The van der Waals surface area contributed by atoms with E-state index in [-0.39, 0.29) is 12.7 Å². The van der Waals surface area contributed by atoms with Crippen LogP contribution >= 0.6 is 11.5 Å². The van der Waals surface area contributed by atoms with Crippen molar-refractivity contribution in [1.82, 2.24) is 14.2 Å². The molecular weight excluding hydrogens is 472 g/mol. The van der Waals surface area contributed by atoms with Crippen molar-refractivity contribution in [2.45, 2.75) is 31.7 Å². The van der Waals surface area contributed by atoms with Gasteiger partial charge in [-0.25, -0.2) is 0 Å². The van der Waals surface area contributed by atoms with E-state index in [2.05, 4.69) is 39.0 Å². The Hall–Kier alpha value is -3.10. The zero-order chi connectivity index (χ0) is 24.3. The lowest BCUT2D eigenvalue weighted by Gasteiger charge is -2.39. The fourth-order valence-corrected chi connectivity index (χ4v) is 6.28. The summed E-state index contributed by atoms with van der Waals surface area (Å²) in [6, 6.07) is 14.6. The van der Waals surface area contributed by atoms with E-state index in [0.717, 1.165) is 81.4 Å². The van der Waals surface area contributed by atoms with Gasteiger partial charge in [-0.3, -0.25) is 9.69 Å². The van der Waals surface area contributed by atoms with Gasteiger partial charge in [-0.1, -0.05) is 18.2 Å². The van der Waals surface area contributed by atoms with Crippen LogP contribution in [-0.4, -0.2) is 72.2 Å². The molecule has 0 unspecified atom stereocenters. The molecule has 0 N–H and O–H groups in total. The van der Waals surface area contributed by atoms with Crippen molar-refractivity contribution in [3.63, 3.8) is 0 Å². The Labute approximate surface area is 216 Å². The van der Waals surface area contributed by atoms with Crippen LogP contribution in [0.2, 0.25) is 0 Å². The summed E-state index contributed by atoms with van der Waals surface area (Å²) < 4.78 is 16.8. The van der Waals surface area contributed by atoms with E-state index in [9.17, 15) is 4.79 Å². The highest BCUT2D eigenvalue weighted by molar-refractivity contribution is 7.13. The third-order valence-electron chi connectivity index (χ3n) is 7.53. The number of carbonyl (C=O) groups excluding carboxylic acids is 1. The first-order valence-electron chi connectivity index (χ1n) is 12.9. The van der Waals surface area contributed by atoms with E-state index in [1.165, 1.54) is 16.5 Å². The molecule has 0 spiro atoms. The summed E-state index contributed by atoms with van der Waals surface area (Å²) in [5.74, 6) is 2.74. The molecule has 3 aliphatic heterocycles. The molecule has 3 aromatic rings. The van der Waals surface area contributed by atoms with Crippen molar-refractivity contribution in [3.05, 3.63) is 54.1 Å². The Bertz CT molecular complexity index is 1250. The molecule has 1 aromatic heterocycles. The monoisotopic (exact) mass is 504 g/mol. The number of likely N-dealkylation sites (tertiary alicyclic amines) is 1. The molecule has 2 fully saturated rings. The number of benzene rings is 2. The second-order valence-corrected chi connectivity index (χ2v) is 10.6. The average Bonchev–Trinajstić information content (AvgIpc) is 3.58. The van der Waals surface area contributed by atoms with E-state index in [0.29, 0.717) is 6.04 Å². The van der Waals surface area contributed by atoms with Gasteiger partial charge < -0.3 is 19.3 Å². The van der Waals surface area contributed by atoms with Gasteiger partial charge >= 0.3 is 0 Å². The molecule has 6 rings (SSSR count). The molecule has 3 aliphatic rings. The first-order chi connectivity index (χ1) is 17.7. The number of fused-ring (bicyclic) bond motifs is 2. The highest BCUT2D eigenvalue weighted by Gasteiger charge is 2.27. The number of anilines is 1. The van der Waals surface area contributed by atoms with Gasteiger partial charge in [0.05, 0.1) is 4.70 Å². The van der Waals surface area contributed by atoms with E-state index >= 15 is 0 Å². The summed E-state index contributed by atoms with van der Waals surface area (Å²) >= 11 is 1.59. The number of carbonyl (C=O) groups is 1. The number of amides is 1. The summed E-state index contributed by atoms with van der Waals surface area (Å²) in [5, 5.41) is 1.26. The Morgan fingerprint density at radius 1 is 1.03 bits per heavy atom. The van der Waals surface area contributed by atoms with Crippen molar-refractivity contribution in [3.8, 4) is 11.5 Å². The van der Waals surface area contributed by atoms with Gasteiger partial charge in [-0.2, -0.15) is 4.37 Å². The molecule has 2 saturated heterocycles. The SMILES string of the molecule is O=C(C=Cc1ccc2c(c1)OCO2)N1CCCC[C@H]1CCN1CCN(c2nsc3ccccc23)CC1. The van der Waals surface area contributed by atoms with Gasteiger partial charge in [-0.15, -0.1) is 0 Å². The van der Waals surface area contributed by atoms with Crippen LogP contribution in [0.3, 0.4) is 0 Å². The minimum atomic E-state index is 0.109. The Kier molecular flexibility index (Phi) is 6.79. The zero-order valence-corrected chi connectivity index (χ0v) is 21.3. The number of hydrogen-bond donors (Lipinski definition) is 0. The molecule has 0 radical (unpaired) electrons. The fraction of sp³-hybridized carbons (Fsp3) is 0.429. The van der Waals surface area contributed by atoms with Gasteiger partial charge in [0, 0.05) is 56.8 Å². The van der Waals surface area contributed by atoms with Gasteiger partial charge in [0.2, 0.25) is 12.7 Å². The first-order valence-corrected chi connectivity index (χ1v) is 13.7. The number of aromatic nitrogens is 1. The molecule has 0 bridgehead atoms. The van der Waals surface area contributed by atoms with Gasteiger partial charge in [-0.05, 0) is 73.1 Å². The topological polar surface area (TPSA) is 58.1 Å². The van der Waals surface area contributed by atoms with Crippen LogP contribution in [0.5, 0.6) is 11.5 Å². The summed E-state index contributed by atoms with van der Waals surface area (Å²) in [4.78, 5) is 20.2. The predicted octanol–water partition coefficient (Wildman–Crippen LogP) is 4.63. The molecule has 4 heterocycles. The maximum atomic E-state index is 13.1. The molecule has 8 heteroatoms. The van der Waals surface area contributed by atoms with Crippen molar-refractivity contribution < 1.29 is 14.3 Å². The first kappa shape index (κ1) is 23.3. The fourth-order valence-electron chi connectivity index (χ4n) is 5.49. The summed E-state index contributed by atoms with van der Waals surface area (Å²) in [6.07, 6.45) is 8.01. The number of piperazine rings is 1. The third kappa shape index (κ3) is 4.92. The van der Waals surface area contributed by atoms with Crippen LogP contribution in [0.15, 0.2) is 48.5 Å². The number of hydrogen-bond acceptors (Lipinski definition) is 7. The predicted molar refractivity (Wildman–Crippen MR) is 144 cm³/mol. The largest absolute Gasteiger partial charge is 0.454 e. The molecule has 0 aliphatic carbocycles. The van der Waals surface area contributed by atoms with E-state index < -0.39 is 0 Å². The second-order valence-electron chi connectivity index (χ2n) is 9.75. The average molecular weight is 505 g/mol. The molecule has 7 nitrogen and oxygen atoms in total. The maximum absolute atomic E-state index is 13.1. The van der Waals surface area contributed by atoms with E-state index in [1.807, 2.05) is 24.3 Å². The molecule has 1 atom stereocenters. The highest BCUT2D eigenvalue weighted by atomic mass is 32.1. The van der Waals surface area contributed by atoms with E-state index in [4.69, 9.17) is 13.8 Å². The van der Waals surface area contributed by atoms with Gasteiger partial charge in [0.25, 0.3) is 0 Å². The van der Waals surface area contributed by atoms with E-state index in [1.54, 1.807) is 17.6 Å². The summed E-state index contributed by atoms with van der Waals surface area (Å²) in [7, 11) is 0. The number of piperidine rings is 1. The second kappa shape index (κ2) is 10.5. The third-order valence-corrected chi connectivity index (χ3v) is 8.35. The summed E-state index contributed by atoms with van der Waals surface area (Å²) in [5.41, 5.74) is 0.951. The minimum absolute atomic E-state index is 0.109. The molecule has 36 heavy (non-hydrogen) atoms. The Morgan fingerprint density at radius 3 is 2.81 bits per heavy atom. The zero-order valence-electron chi connectivity index (χ0n) is 20.5. The van der Waals surface area contributed by atoms with Crippen LogP contribution in [-0.2, 0) is 4.79 Å².